The highest BCUT2D eigenvalue weighted by Crippen LogP contribution is 2.38. The second-order valence-corrected chi connectivity index (χ2v) is 6.18. The average Bonchev–Trinajstić information content (AvgIpc) is 3.04. The Morgan fingerprint density at radius 1 is 1.32 bits per heavy atom. The summed E-state index contributed by atoms with van der Waals surface area (Å²) in [5, 5.41) is 26.6. The fourth-order valence-electron chi connectivity index (χ4n) is 2.79. The second-order valence-electron chi connectivity index (χ2n) is 5.20. The average molecular weight is 319 g/mol. The number of non-ortho nitro benzene ring substituents is 1. The Labute approximate surface area is 132 Å². The largest absolute Gasteiger partial charge is 0.508 e. The molecule has 1 fully saturated rings. The fraction of sp³-hybridized carbons (Fsp3) is 0.333. The SMILES string of the molecule is O=[N+]([O-])c1ccc(O)c([C@@H](c2cccs2)N2CCNCC2)c1. The Balaban J connectivity index is 2.05. The summed E-state index contributed by atoms with van der Waals surface area (Å²) in [5.41, 5.74) is 0.600. The van der Waals surface area contributed by atoms with E-state index in [2.05, 4.69) is 10.2 Å². The molecule has 6 nitrogen and oxygen atoms in total. The van der Waals surface area contributed by atoms with Gasteiger partial charge in [0, 0.05) is 48.8 Å². The van der Waals surface area contributed by atoms with Crippen molar-refractivity contribution in [2.75, 3.05) is 26.2 Å². The van der Waals surface area contributed by atoms with Gasteiger partial charge in [0.1, 0.15) is 5.75 Å². The van der Waals surface area contributed by atoms with Crippen molar-refractivity contribution >= 4 is 17.0 Å². The monoisotopic (exact) mass is 319 g/mol. The predicted octanol–water partition coefficient (Wildman–Crippen LogP) is 2.36. The minimum absolute atomic E-state index is 0.00416. The molecule has 1 aromatic carbocycles. The molecule has 0 aliphatic carbocycles. The molecule has 1 aliphatic rings. The maximum Gasteiger partial charge on any atom is 0.270 e. The normalized spacial score (nSPS) is 17.3. The van der Waals surface area contributed by atoms with E-state index in [1.165, 1.54) is 18.2 Å². The minimum atomic E-state index is -0.424. The summed E-state index contributed by atoms with van der Waals surface area (Å²) >= 11 is 1.60. The number of aromatic hydroxyl groups is 1. The molecular formula is C15H17N3O3S. The van der Waals surface area contributed by atoms with Gasteiger partial charge < -0.3 is 10.4 Å². The van der Waals surface area contributed by atoms with E-state index in [1.54, 1.807) is 11.3 Å². The summed E-state index contributed by atoms with van der Waals surface area (Å²) in [6.07, 6.45) is 0. The number of nitro benzene ring substituents is 1. The van der Waals surface area contributed by atoms with Gasteiger partial charge in [-0.15, -0.1) is 11.3 Å². The molecule has 7 heteroatoms. The van der Waals surface area contributed by atoms with Gasteiger partial charge in [-0.05, 0) is 17.5 Å². The number of hydrogen-bond donors (Lipinski definition) is 2. The summed E-state index contributed by atoms with van der Waals surface area (Å²) in [6, 6.07) is 8.06. The van der Waals surface area contributed by atoms with Gasteiger partial charge in [-0.2, -0.15) is 0 Å². The van der Waals surface area contributed by atoms with E-state index in [0.29, 0.717) is 5.56 Å². The zero-order chi connectivity index (χ0) is 15.5. The van der Waals surface area contributed by atoms with Gasteiger partial charge in [0.2, 0.25) is 0 Å². The molecular weight excluding hydrogens is 302 g/mol. The smallest absolute Gasteiger partial charge is 0.270 e. The first-order valence-electron chi connectivity index (χ1n) is 7.12. The molecule has 0 radical (unpaired) electrons. The van der Waals surface area contributed by atoms with Crippen LogP contribution in [0.25, 0.3) is 0 Å². The highest BCUT2D eigenvalue weighted by Gasteiger charge is 2.28. The van der Waals surface area contributed by atoms with E-state index in [1.807, 2.05) is 17.5 Å². The molecule has 0 bridgehead atoms. The topological polar surface area (TPSA) is 78.6 Å². The van der Waals surface area contributed by atoms with Crippen molar-refractivity contribution in [1.29, 1.82) is 0 Å². The molecule has 1 atom stereocenters. The number of piperazine rings is 1. The zero-order valence-corrected chi connectivity index (χ0v) is 12.8. The van der Waals surface area contributed by atoms with Crippen LogP contribution in [-0.4, -0.2) is 41.1 Å². The van der Waals surface area contributed by atoms with E-state index in [4.69, 9.17) is 0 Å². The summed E-state index contributed by atoms with van der Waals surface area (Å²) < 4.78 is 0. The van der Waals surface area contributed by atoms with Crippen molar-refractivity contribution in [2.24, 2.45) is 0 Å². The molecule has 116 valence electrons. The maximum absolute atomic E-state index is 11.1. The van der Waals surface area contributed by atoms with Crippen molar-refractivity contribution in [2.45, 2.75) is 6.04 Å². The molecule has 2 aromatic rings. The lowest BCUT2D eigenvalue weighted by molar-refractivity contribution is -0.385. The first kappa shape index (κ1) is 15.0. The van der Waals surface area contributed by atoms with E-state index in [-0.39, 0.29) is 17.5 Å². The van der Waals surface area contributed by atoms with Crippen LogP contribution in [0.1, 0.15) is 16.5 Å². The number of thiophene rings is 1. The van der Waals surface area contributed by atoms with E-state index in [9.17, 15) is 15.2 Å². The lowest BCUT2D eigenvalue weighted by Gasteiger charge is -2.34. The van der Waals surface area contributed by atoms with Crippen LogP contribution in [0, 0.1) is 10.1 Å². The second kappa shape index (κ2) is 6.43. The molecule has 2 N–H and O–H groups in total. The number of hydrogen-bond acceptors (Lipinski definition) is 6. The van der Waals surface area contributed by atoms with Crippen molar-refractivity contribution < 1.29 is 10.0 Å². The molecule has 0 unspecified atom stereocenters. The van der Waals surface area contributed by atoms with Crippen LogP contribution in [0.2, 0.25) is 0 Å². The first-order valence-corrected chi connectivity index (χ1v) is 8.00. The third-order valence-corrected chi connectivity index (χ3v) is 4.77. The number of benzene rings is 1. The van der Waals surface area contributed by atoms with E-state index < -0.39 is 4.92 Å². The van der Waals surface area contributed by atoms with Crippen molar-refractivity contribution in [3.63, 3.8) is 0 Å². The van der Waals surface area contributed by atoms with Crippen LogP contribution in [0.5, 0.6) is 5.75 Å². The maximum atomic E-state index is 11.1. The quantitative estimate of drug-likeness (QED) is 0.668. The summed E-state index contributed by atoms with van der Waals surface area (Å²) in [4.78, 5) is 14.0. The van der Waals surface area contributed by atoms with E-state index >= 15 is 0 Å². The van der Waals surface area contributed by atoms with Crippen LogP contribution in [0.4, 0.5) is 5.69 Å². The third-order valence-electron chi connectivity index (χ3n) is 3.85. The molecule has 1 aromatic heterocycles. The number of phenols is 1. The summed E-state index contributed by atoms with van der Waals surface area (Å²) in [6.45, 7) is 3.42. The molecule has 3 rings (SSSR count). The molecule has 2 heterocycles. The number of nitrogens with one attached hydrogen (secondary N) is 1. The molecule has 1 aliphatic heterocycles. The Hall–Kier alpha value is -1.96. The minimum Gasteiger partial charge on any atom is -0.508 e. The summed E-state index contributed by atoms with van der Waals surface area (Å²) in [5.74, 6) is 0.0996. The third kappa shape index (κ3) is 2.96. The van der Waals surface area contributed by atoms with Crippen molar-refractivity contribution in [3.05, 3.63) is 56.3 Å². The van der Waals surface area contributed by atoms with Crippen LogP contribution in [-0.2, 0) is 0 Å². The van der Waals surface area contributed by atoms with Crippen LogP contribution in [0.3, 0.4) is 0 Å². The van der Waals surface area contributed by atoms with E-state index in [0.717, 1.165) is 31.1 Å². The van der Waals surface area contributed by atoms with Crippen LogP contribution >= 0.6 is 11.3 Å². The molecule has 0 spiro atoms. The number of rotatable bonds is 4. The number of nitrogens with zero attached hydrogens (tertiary/aromatic N) is 2. The highest BCUT2D eigenvalue weighted by atomic mass is 32.1. The lowest BCUT2D eigenvalue weighted by atomic mass is 10.0. The highest BCUT2D eigenvalue weighted by molar-refractivity contribution is 7.10. The number of phenolic OH excluding ortho intramolecular Hbond substituents is 1. The van der Waals surface area contributed by atoms with Gasteiger partial charge in [0.25, 0.3) is 5.69 Å². The van der Waals surface area contributed by atoms with Gasteiger partial charge in [-0.3, -0.25) is 15.0 Å². The molecule has 1 saturated heterocycles. The Bertz CT molecular complexity index is 654. The van der Waals surface area contributed by atoms with Gasteiger partial charge in [-0.1, -0.05) is 6.07 Å². The van der Waals surface area contributed by atoms with Crippen LogP contribution < -0.4 is 5.32 Å². The fourth-order valence-corrected chi connectivity index (χ4v) is 3.67. The molecule has 22 heavy (non-hydrogen) atoms. The van der Waals surface area contributed by atoms with Crippen LogP contribution in [0.15, 0.2) is 35.7 Å². The van der Waals surface area contributed by atoms with Gasteiger partial charge >= 0.3 is 0 Å². The molecule has 0 saturated carbocycles. The van der Waals surface area contributed by atoms with Gasteiger partial charge in [-0.25, -0.2) is 0 Å². The number of nitro groups is 1. The van der Waals surface area contributed by atoms with Gasteiger partial charge in [0.15, 0.2) is 0 Å². The predicted molar refractivity (Wildman–Crippen MR) is 85.4 cm³/mol. The Morgan fingerprint density at radius 2 is 2.09 bits per heavy atom. The van der Waals surface area contributed by atoms with Crippen molar-refractivity contribution in [3.8, 4) is 5.75 Å². The standard InChI is InChI=1S/C15H17N3O3S/c19-13-4-3-11(18(20)21)10-12(13)15(14-2-1-9-22-14)17-7-5-16-6-8-17/h1-4,9-10,15-16,19H,5-8H2/t15-/m0/s1. The summed E-state index contributed by atoms with van der Waals surface area (Å²) in [7, 11) is 0. The first-order chi connectivity index (χ1) is 10.7. The zero-order valence-electron chi connectivity index (χ0n) is 11.9. The van der Waals surface area contributed by atoms with Gasteiger partial charge in [0.05, 0.1) is 11.0 Å². The lowest BCUT2D eigenvalue weighted by Crippen LogP contribution is -2.45. The molecule has 0 amide bonds. The Morgan fingerprint density at radius 3 is 2.73 bits per heavy atom. The van der Waals surface area contributed by atoms with Crippen molar-refractivity contribution in [1.82, 2.24) is 10.2 Å². The Kier molecular flexibility index (Phi) is 4.37.